The molecule has 8 heteroatoms. The van der Waals surface area contributed by atoms with Crippen LogP contribution < -0.4 is 5.32 Å². The first-order valence-electron chi connectivity index (χ1n) is 12.4. The van der Waals surface area contributed by atoms with Crippen LogP contribution in [0, 0.1) is 5.92 Å². The van der Waals surface area contributed by atoms with Gasteiger partial charge in [-0.05, 0) is 80.7 Å². The number of alkyl halides is 3. The van der Waals surface area contributed by atoms with Crippen LogP contribution in [0.2, 0.25) is 0 Å². The van der Waals surface area contributed by atoms with Crippen LogP contribution >= 0.6 is 0 Å². The summed E-state index contributed by atoms with van der Waals surface area (Å²) in [7, 11) is 0. The minimum Gasteiger partial charge on any atom is -0.481 e. The Morgan fingerprint density at radius 1 is 1.11 bits per heavy atom. The fourth-order valence-electron chi connectivity index (χ4n) is 5.15. The average molecular weight is 508 g/mol. The molecule has 0 unspecified atom stereocenters. The summed E-state index contributed by atoms with van der Waals surface area (Å²) in [5, 5.41) is 22.9. The van der Waals surface area contributed by atoms with Crippen molar-refractivity contribution in [2.75, 3.05) is 13.2 Å². The van der Waals surface area contributed by atoms with Crippen LogP contribution in [0.15, 0.2) is 42.5 Å². The zero-order valence-corrected chi connectivity index (χ0v) is 21.1. The Bertz CT molecular complexity index is 1010. The van der Waals surface area contributed by atoms with E-state index in [2.05, 4.69) is 43.4 Å². The van der Waals surface area contributed by atoms with E-state index in [1.165, 1.54) is 23.3 Å². The number of carboxylic acids is 1. The van der Waals surface area contributed by atoms with E-state index in [1.54, 1.807) is 6.92 Å². The van der Waals surface area contributed by atoms with Gasteiger partial charge in [0.1, 0.15) is 0 Å². The molecule has 0 saturated heterocycles. The summed E-state index contributed by atoms with van der Waals surface area (Å²) in [6.45, 7) is 6.04. The Kier molecular flexibility index (Phi) is 9.19. The third kappa shape index (κ3) is 7.79. The van der Waals surface area contributed by atoms with Crippen LogP contribution in [0.5, 0.6) is 0 Å². The van der Waals surface area contributed by atoms with E-state index in [-0.39, 0.29) is 36.2 Å². The summed E-state index contributed by atoms with van der Waals surface area (Å²) in [6, 6.07) is 12.3. The molecule has 2 aromatic rings. The molecule has 0 bridgehead atoms. The summed E-state index contributed by atoms with van der Waals surface area (Å²) >= 11 is 0. The van der Waals surface area contributed by atoms with Gasteiger partial charge >= 0.3 is 12.1 Å². The first kappa shape index (κ1) is 28.2. The minimum atomic E-state index is -4.60. The van der Waals surface area contributed by atoms with E-state index in [4.69, 9.17) is 9.84 Å². The molecule has 0 radical (unpaired) electrons. The second-order valence-electron chi connectivity index (χ2n) is 10.4. The zero-order valence-electron chi connectivity index (χ0n) is 21.1. The maximum Gasteiger partial charge on any atom is 0.416 e. The van der Waals surface area contributed by atoms with Crippen molar-refractivity contribution < 1.29 is 32.9 Å². The molecule has 0 aliphatic heterocycles. The fraction of sp³-hybridized carbons (Fsp3) is 0.536. The normalized spacial score (nSPS) is 16.1. The number of rotatable bonds is 12. The van der Waals surface area contributed by atoms with Crippen molar-refractivity contribution in [3.8, 4) is 0 Å². The zero-order chi connectivity index (χ0) is 26.5. The van der Waals surface area contributed by atoms with Crippen molar-refractivity contribution in [3.63, 3.8) is 0 Å². The number of carbonyl (C=O) groups is 1. The van der Waals surface area contributed by atoms with E-state index in [1.807, 2.05) is 0 Å². The standard InChI is InChI=1S/C28H36F3NO4/c1-18(23-9-6-10-25(28(29,30)31)24(23)11-12-26(34)35)36-17-22(33)16-32-27(2,3)15-19-13-20-7-4-5-8-21(20)14-19/h4-10,18-19,22,32-33H,11-17H2,1-3H3,(H,34,35)/t18-,22+/m1/s1. The molecule has 1 aliphatic carbocycles. The second kappa shape index (κ2) is 11.8. The van der Waals surface area contributed by atoms with Crippen LogP contribution in [-0.4, -0.2) is 41.0 Å². The first-order chi connectivity index (χ1) is 16.9. The summed E-state index contributed by atoms with van der Waals surface area (Å²) < 4.78 is 46.3. The van der Waals surface area contributed by atoms with Crippen molar-refractivity contribution >= 4 is 5.97 Å². The molecule has 36 heavy (non-hydrogen) atoms. The number of aliphatic hydroxyl groups excluding tert-OH is 1. The number of aliphatic hydroxyl groups is 1. The van der Waals surface area contributed by atoms with Gasteiger partial charge in [0.25, 0.3) is 0 Å². The Hall–Kier alpha value is -2.42. The van der Waals surface area contributed by atoms with Crippen molar-refractivity contribution in [2.45, 2.75) is 76.8 Å². The highest BCUT2D eigenvalue weighted by Gasteiger charge is 2.35. The summed E-state index contributed by atoms with van der Waals surface area (Å²) in [5.41, 5.74) is 1.95. The highest BCUT2D eigenvalue weighted by Crippen LogP contribution is 2.36. The number of hydrogen-bond donors (Lipinski definition) is 3. The van der Waals surface area contributed by atoms with Crippen LogP contribution in [0.1, 0.15) is 67.5 Å². The number of β-amino-alcohol motifs (C(OH)–C–C–N with tert-alkyl or cyclic N) is 1. The van der Waals surface area contributed by atoms with E-state index in [0.717, 1.165) is 25.3 Å². The molecule has 1 aliphatic rings. The molecule has 5 nitrogen and oxygen atoms in total. The Morgan fingerprint density at radius 2 is 1.75 bits per heavy atom. The van der Waals surface area contributed by atoms with E-state index < -0.39 is 36.3 Å². The number of ether oxygens (including phenoxy) is 1. The number of aliphatic carboxylic acids is 1. The molecular weight excluding hydrogens is 471 g/mol. The lowest BCUT2D eigenvalue weighted by Crippen LogP contribution is -2.45. The molecule has 3 N–H and O–H groups in total. The van der Waals surface area contributed by atoms with Crippen LogP contribution in [0.25, 0.3) is 0 Å². The van der Waals surface area contributed by atoms with Gasteiger partial charge in [-0.15, -0.1) is 0 Å². The molecule has 0 aromatic heterocycles. The highest BCUT2D eigenvalue weighted by atomic mass is 19.4. The predicted molar refractivity (Wildman–Crippen MR) is 132 cm³/mol. The van der Waals surface area contributed by atoms with E-state index in [0.29, 0.717) is 5.92 Å². The van der Waals surface area contributed by atoms with Gasteiger partial charge < -0.3 is 20.3 Å². The molecule has 2 atom stereocenters. The summed E-state index contributed by atoms with van der Waals surface area (Å²) in [6.07, 6.45) is -3.81. The van der Waals surface area contributed by atoms with Gasteiger partial charge in [-0.2, -0.15) is 13.2 Å². The van der Waals surface area contributed by atoms with Gasteiger partial charge in [-0.1, -0.05) is 36.4 Å². The van der Waals surface area contributed by atoms with Gasteiger partial charge in [0.15, 0.2) is 0 Å². The second-order valence-corrected chi connectivity index (χ2v) is 10.4. The van der Waals surface area contributed by atoms with Crippen molar-refractivity contribution in [1.29, 1.82) is 0 Å². The largest absolute Gasteiger partial charge is 0.481 e. The highest BCUT2D eigenvalue weighted by molar-refractivity contribution is 5.67. The number of hydrogen-bond acceptors (Lipinski definition) is 4. The molecule has 0 fully saturated rings. The molecule has 0 amide bonds. The topological polar surface area (TPSA) is 78.8 Å². The van der Waals surface area contributed by atoms with Crippen LogP contribution in [-0.2, 0) is 35.0 Å². The van der Waals surface area contributed by atoms with E-state index in [9.17, 15) is 23.1 Å². The maximum atomic E-state index is 13.5. The van der Waals surface area contributed by atoms with Gasteiger partial charge in [0.05, 0.1) is 24.4 Å². The number of halogens is 3. The van der Waals surface area contributed by atoms with Crippen LogP contribution in [0.4, 0.5) is 13.2 Å². The minimum absolute atomic E-state index is 0.0618. The Labute approximate surface area is 210 Å². The van der Waals surface area contributed by atoms with E-state index >= 15 is 0 Å². The summed E-state index contributed by atoms with van der Waals surface area (Å²) in [4.78, 5) is 11.0. The molecule has 2 aromatic carbocycles. The SMILES string of the molecule is C[C@@H](OC[C@@H](O)CNC(C)(C)CC1Cc2ccccc2C1)c1cccc(C(F)(F)F)c1CCC(=O)O. The first-order valence-corrected chi connectivity index (χ1v) is 12.4. The van der Waals surface area contributed by atoms with Crippen molar-refractivity contribution in [3.05, 3.63) is 70.3 Å². The molecule has 3 rings (SSSR count). The van der Waals surface area contributed by atoms with Gasteiger partial charge in [0.2, 0.25) is 0 Å². The molecule has 0 heterocycles. The third-order valence-corrected chi connectivity index (χ3v) is 6.83. The quantitative estimate of drug-likeness (QED) is 0.362. The third-order valence-electron chi connectivity index (χ3n) is 6.83. The molecular formula is C28H36F3NO4. The number of nitrogens with one attached hydrogen (secondary N) is 1. The summed E-state index contributed by atoms with van der Waals surface area (Å²) in [5.74, 6) is -0.638. The fourth-order valence-corrected chi connectivity index (χ4v) is 5.15. The molecule has 0 spiro atoms. The monoisotopic (exact) mass is 507 g/mol. The average Bonchev–Trinajstić information content (AvgIpc) is 3.20. The molecule has 198 valence electrons. The Balaban J connectivity index is 1.53. The van der Waals surface area contributed by atoms with Gasteiger partial charge in [0, 0.05) is 18.5 Å². The number of benzene rings is 2. The number of fused-ring (bicyclic) bond motifs is 1. The lowest BCUT2D eigenvalue weighted by atomic mass is 9.88. The molecule has 0 saturated carbocycles. The smallest absolute Gasteiger partial charge is 0.416 e. The van der Waals surface area contributed by atoms with Gasteiger partial charge in [-0.3, -0.25) is 4.79 Å². The van der Waals surface area contributed by atoms with Crippen LogP contribution in [0.3, 0.4) is 0 Å². The van der Waals surface area contributed by atoms with Gasteiger partial charge in [-0.25, -0.2) is 0 Å². The predicted octanol–water partition coefficient (Wildman–Crippen LogP) is 5.33. The Morgan fingerprint density at radius 3 is 2.33 bits per heavy atom. The lowest BCUT2D eigenvalue weighted by molar-refractivity contribution is -0.140. The lowest BCUT2D eigenvalue weighted by Gasteiger charge is -2.31. The maximum absolute atomic E-state index is 13.5. The van der Waals surface area contributed by atoms with Crippen molar-refractivity contribution in [2.24, 2.45) is 5.92 Å². The number of carboxylic acid groups (broad SMARTS) is 1. The van der Waals surface area contributed by atoms with Crippen molar-refractivity contribution in [1.82, 2.24) is 5.32 Å².